The van der Waals surface area contributed by atoms with Crippen LogP contribution >= 0.6 is 0 Å². The van der Waals surface area contributed by atoms with E-state index in [2.05, 4.69) is 6.92 Å². The second kappa shape index (κ2) is 6.53. The Morgan fingerprint density at radius 3 is 2.62 bits per heavy atom. The number of ether oxygens (including phenoxy) is 1. The van der Waals surface area contributed by atoms with Crippen molar-refractivity contribution in [3.8, 4) is 5.75 Å². The molecule has 0 aliphatic rings. The molecule has 0 unspecified atom stereocenters. The van der Waals surface area contributed by atoms with E-state index in [4.69, 9.17) is 4.74 Å². The molecule has 0 saturated heterocycles. The summed E-state index contributed by atoms with van der Waals surface area (Å²) in [6, 6.07) is 9.89. The molecular formula is C12H17O. The lowest BCUT2D eigenvalue weighted by atomic mass is 10.2. The Hall–Kier alpha value is -0.980. The maximum absolute atomic E-state index is 5.43. The van der Waals surface area contributed by atoms with Crippen molar-refractivity contribution < 1.29 is 4.74 Å². The molecule has 1 rings (SSSR count). The van der Waals surface area contributed by atoms with Crippen LogP contribution < -0.4 is 4.74 Å². The molecule has 0 heterocycles. The molecule has 0 bridgehead atoms. The highest BCUT2D eigenvalue weighted by molar-refractivity contribution is 5.21. The van der Waals surface area contributed by atoms with Crippen molar-refractivity contribution in [2.45, 2.75) is 32.6 Å². The molecule has 0 aromatic heterocycles. The second-order valence-corrected chi connectivity index (χ2v) is 3.09. The highest BCUT2D eigenvalue weighted by Crippen LogP contribution is 2.11. The highest BCUT2D eigenvalue weighted by Gasteiger charge is 1.91. The fourth-order valence-electron chi connectivity index (χ4n) is 1.13. The molecule has 0 amide bonds. The Labute approximate surface area is 80.7 Å². The fraction of sp³-hybridized carbons (Fsp3) is 0.417. The van der Waals surface area contributed by atoms with E-state index >= 15 is 0 Å². The maximum Gasteiger partial charge on any atom is 0.135 e. The minimum atomic E-state index is 0.930. The quantitative estimate of drug-likeness (QED) is 0.600. The van der Waals surface area contributed by atoms with Crippen molar-refractivity contribution in [1.82, 2.24) is 0 Å². The Morgan fingerprint density at radius 2 is 1.92 bits per heavy atom. The van der Waals surface area contributed by atoms with Gasteiger partial charge in [-0.2, -0.15) is 0 Å². The zero-order chi connectivity index (χ0) is 9.36. The van der Waals surface area contributed by atoms with E-state index in [1.807, 2.05) is 36.9 Å². The topological polar surface area (TPSA) is 9.23 Å². The van der Waals surface area contributed by atoms with Crippen LogP contribution in [0, 0.1) is 6.61 Å². The van der Waals surface area contributed by atoms with Crippen LogP contribution in [0.25, 0.3) is 0 Å². The minimum absolute atomic E-state index is 0.930. The predicted molar refractivity (Wildman–Crippen MR) is 55.5 cm³/mol. The first-order chi connectivity index (χ1) is 6.43. The molecule has 0 saturated carbocycles. The number of hydrogen-bond donors (Lipinski definition) is 0. The lowest BCUT2D eigenvalue weighted by Gasteiger charge is -2.03. The van der Waals surface area contributed by atoms with Crippen LogP contribution in [0.15, 0.2) is 30.3 Å². The van der Waals surface area contributed by atoms with Crippen molar-refractivity contribution in [2.75, 3.05) is 0 Å². The van der Waals surface area contributed by atoms with E-state index in [-0.39, 0.29) is 0 Å². The van der Waals surface area contributed by atoms with Gasteiger partial charge in [0.15, 0.2) is 0 Å². The SMILES string of the molecule is CCCCC[CH]Oc1ccccc1. The molecule has 0 atom stereocenters. The molecule has 1 aromatic carbocycles. The van der Waals surface area contributed by atoms with Crippen LogP contribution in [0.5, 0.6) is 5.75 Å². The third kappa shape index (κ3) is 4.56. The van der Waals surface area contributed by atoms with Crippen molar-refractivity contribution in [3.05, 3.63) is 36.9 Å². The number of unbranched alkanes of at least 4 members (excludes halogenated alkanes) is 3. The molecule has 0 aliphatic carbocycles. The highest BCUT2D eigenvalue weighted by atomic mass is 16.5. The summed E-state index contributed by atoms with van der Waals surface area (Å²) >= 11 is 0. The van der Waals surface area contributed by atoms with Crippen LogP contribution in [0.1, 0.15) is 32.6 Å². The largest absolute Gasteiger partial charge is 0.487 e. The van der Waals surface area contributed by atoms with Crippen LogP contribution in [0.4, 0.5) is 0 Å². The van der Waals surface area contributed by atoms with Gasteiger partial charge >= 0.3 is 0 Å². The summed E-state index contributed by atoms with van der Waals surface area (Å²) in [6.45, 7) is 4.10. The molecule has 0 fully saturated rings. The van der Waals surface area contributed by atoms with Crippen LogP contribution in [0.2, 0.25) is 0 Å². The second-order valence-electron chi connectivity index (χ2n) is 3.09. The van der Waals surface area contributed by atoms with Crippen molar-refractivity contribution >= 4 is 0 Å². The molecular weight excluding hydrogens is 160 g/mol. The molecule has 1 nitrogen and oxygen atoms in total. The van der Waals surface area contributed by atoms with E-state index < -0.39 is 0 Å². The lowest BCUT2D eigenvalue weighted by molar-refractivity contribution is 0.384. The molecule has 1 radical (unpaired) electrons. The Bertz CT molecular complexity index is 206. The molecule has 13 heavy (non-hydrogen) atoms. The fourth-order valence-corrected chi connectivity index (χ4v) is 1.13. The summed E-state index contributed by atoms with van der Waals surface area (Å²) in [4.78, 5) is 0. The summed E-state index contributed by atoms with van der Waals surface area (Å²) in [5.74, 6) is 0.930. The van der Waals surface area contributed by atoms with E-state index in [0.717, 1.165) is 12.2 Å². The third-order valence-electron chi connectivity index (χ3n) is 1.89. The van der Waals surface area contributed by atoms with Gasteiger partial charge in [0.05, 0.1) is 0 Å². The molecule has 0 spiro atoms. The van der Waals surface area contributed by atoms with Gasteiger partial charge in [-0.15, -0.1) is 0 Å². The normalized spacial score (nSPS) is 9.92. The van der Waals surface area contributed by atoms with Crippen LogP contribution in [0.3, 0.4) is 0 Å². The van der Waals surface area contributed by atoms with Crippen molar-refractivity contribution in [1.29, 1.82) is 0 Å². The van der Waals surface area contributed by atoms with Gasteiger partial charge in [-0.1, -0.05) is 38.0 Å². The van der Waals surface area contributed by atoms with Crippen molar-refractivity contribution in [3.63, 3.8) is 0 Å². The van der Waals surface area contributed by atoms with Crippen LogP contribution in [-0.2, 0) is 0 Å². The van der Waals surface area contributed by atoms with Crippen molar-refractivity contribution in [2.24, 2.45) is 0 Å². The van der Waals surface area contributed by atoms with Gasteiger partial charge in [0.25, 0.3) is 0 Å². The van der Waals surface area contributed by atoms with Gasteiger partial charge in [0.2, 0.25) is 0 Å². The van der Waals surface area contributed by atoms with E-state index in [0.29, 0.717) is 0 Å². The molecule has 71 valence electrons. The first kappa shape index (κ1) is 10.1. The van der Waals surface area contributed by atoms with E-state index in [1.165, 1.54) is 19.3 Å². The average Bonchev–Trinajstić information content (AvgIpc) is 2.19. The summed E-state index contributed by atoms with van der Waals surface area (Å²) < 4.78 is 5.43. The number of rotatable bonds is 6. The average molecular weight is 177 g/mol. The number of para-hydroxylation sites is 1. The van der Waals surface area contributed by atoms with Gasteiger partial charge in [-0.3, -0.25) is 0 Å². The minimum Gasteiger partial charge on any atom is -0.487 e. The zero-order valence-corrected chi connectivity index (χ0v) is 8.20. The molecule has 0 N–H and O–H groups in total. The Kier molecular flexibility index (Phi) is 5.07. The standard InChI is InChI=1S/C12H17O/c1-2-3-4-8-11-13-12-9-6-5-7-10-12/h5-7,9-11H,2-4,8H2,1H3. The first-order valence-electron chi connectivity index (χ1n) is 4.97. The van der Waals surface area contributed by atoms with Gasteiger partial charge < -0.3 is 4.74 Å². The maximum atomic E-state index is 5.43. The van der Waals surface area contributed by atoms with Gasteiger partial charge in [0, 0.05) is 0 Å². The van der Waals surface area contributed by atoms with E-state index in [1.54, 1.807) is 0 Å². The van der Waals surface area contributed by atoms with Crippen LogP contribution in [-0.4, -0.2) is 0 Å². The third-order valence-corrected chi connectivity index (χ3v) is 1.89. The van der Waals surface area contributed by atoms with E-state index in [9.17, 15) is 0 Å². The first-order valence-corrected chi connectivity index (χ1v) is 4.97. The Balaban J connectivity index is 2.07. The summed E-state index contributed by atoms with van der Waals surface area (Å²) in [7, 11) is 0. The van der Waals surface area contributed by atoms with Gasteiger partial charge in [-0.25, -0.2) is 0 Å². The molecule has 1 aromatic rings. The zero-order valence-electron chi connectivity index (χ0n) is 8.20. The molecule has 0 aliphatic heterocycles. The Morgan fingerprint density at radius 1 is 1.15 bits per heavy atom. The van der Waals surface area contributed by atoms with Gasteiger partial charge in [0.1, 0.15) is 12.4 Å². The van der Waals surface area contributed by atoms with Gasteiger partial charge in [-0.05, 0) is 25.0 Å². The summed E-state index contributed by atoms with van der Waals surface area (Å²) in [6.07, 6.45) is 4.82. The predicted octanol–water partition coefficient (Wildman–Crippen LogP) is 3.81. The molecule has 1 heteroatoms. The number of benzene rings is 1. The summed E-state index contributed by atoms with van der Waals surface area (Å²) in [5.41, 5.74) is 0. The lowest BCUT2D eigenvalue weighted by Crippen LogP contribution is -1.89. The smallest absolute Gasteiger partial charge is 0.135 e. The number of hydrogen-bond acceptors (Lipinski definition) is 1. The monoisotopic (exact) mass is 177 g/mol. The summed E-state index contributed by atoms with van der Waals surface area (Å²) in [5, 5.41) is 0.